The lowest BCUT2D eigenvalue weighted by atomic mass is 9.73. The second-order valence-corrected chi connectivity index (χ2v) is 5.34. The number of nitrogens with two attached hydrogens (primary N) is 1. The predicted molar refractivity (Wildman–Crippen MR) is 67.7 cm³/mol. The van der Waals surface area contributed by atoms with Gasteiger partial charge in [-0.3, -0.25) is 0 Å². The Balaban J connectivity index is 2.02. The van der Waals surface area contributed by atoms with Crippen LogP contribution in [0.3, 0.4) is 0 Å². The fourth-order valence-corrected chi connectivity index (χ4v) is 2.75. The van der Waals surface area contributed by atoms with E-state index in [0.717, 1.165) is 18.9 Å². The largest absolute Gasteiger partial charge is 0.330 e. The van der Waals surface area contributed by atoms with Crippen LogP contribution < -0.4 is 5.73 Å². The van der Waals surface area contributed by atoms with E-state index in [1.54, 1.807) is 0 Å². The maximum absolute atomic E-state index is 5.87. The highest BCUT2D eigenvalue weighted by atomic mass is 79.9. The van der Waals surface area contributed by atoms with E-state index in [4.69, 9.17) is 5.73 Å². The van der Waals surface area contributed by atoms with Gasteiger partial charge in [0, 0.05) is 4.47 Å². The van der Waals surface area contributed by atoms with Gasteiger partial charge >= 0.3 is 0 Å². The minimum Gasteiger partial charge on any atom is -0.330 e. The average molecular weight is 268 g/mol. The molecule has 1 atom stereocenters. The summed E-state index contributed by atoms with van der Waals surface area (Å²) in [4.78, 5) is 0. The number of hydrogen-bond acceptors (Lipinski definition) is 1. The van der Waals surface area contributed by atoms with Crippen molar-refractivity contribution in [3.05, 3.63) is 34.3 Å². The van der Waals surface area contributed by atoms with Crippen LogP contribution in [0.15, 0.2) is 28.7 Å². The lowest BCUT2D eigenvalue weighted by molar-refractivity contribution is 0.209. The van der Waals surface area contributed by atoms with Crippen LogP contribution in [0, 0.1) is 11.8 Å². The van der Waals surface area contributed by atoms with Gasteiger partial charge in [0.2, 0.25) is 0 Å². The highest BCUT2D eigenvalue weighted by Gasteiger charge is 2.26. The van der Waals surface area contributed by atoms with Crippen molar-refractivity contribution in [3.8, 4) is 0 Å². The van der Waals surface area contributed by atoms with E-state index in [9.17, 15) is 0 Å². The van der Waals surface area contributed by atoms with Crippen LogP contribution in [0.2, 0.25) is 0 Å². The van der Waals surface area contributed by atoms with E-state index in [2.05, 4.69) is 40.2 Å². The first kappa shape index (κ1) is 11.2. The molecule has 0 bridgehead atoms. The highest BCUT2D eigenvalue weighted by Crippen LogP contribution is 2.35. The van der Waals surface area contributed by atoms with Crippen molar-refractivity contribution in [1.29, 1.82) is 0 Å². The van der Waals surface area contributed by atoms with Crippen LogP contribution >= 0.6 is 15.9 Å². The molecule has 2 N–H and O–H groups in total. The van der Waals surface area contributed by atoms with Gasteiger partial charge in [-0.05, 0) is 36.4 Å². The molecule has 0 saturated heterocycles. The lowest BCUT2D eigenvalue weighted by Gasteiger charge is -2.33. The Kier molecular flexibility index (Phi) is 3.81. The van der Waals surface area contributed by atoms with Crippen molar-refractivity contribution in [2.75, 3.05) is 6.54 Å². The van der Waals surface area contributed by atoms with Crippen molar-refractivity contribution < 1.29 is 0 Å². The quantitative estimate of drug-likeness (QED) is 0.890. The molecule has 1 saturated carbocycles. The van der Waals surface area contributed by atoms with Gasteiger partial charge in [-0.1, -0.05) is 53.4 Å². The molecule has 1 unspecified atom stereocenters. The molecule has 0 aliphatic heterocycles. The number of halogens is 1. The third-order valence-corrected chi connectivity index (χ3v) is 4.33. The summed E-state index contributed by atoms with van der Waals surface area (Å²) in [5, 5.41) is 0. The molecule has 0 spiro atoms. The molecular weight excluding hydrogens is 250 g/mol. The maximum atomic E-state index is 5.87. The SMILES string of the molecule is NCC(Cc1ccccc1Br)C1CCC1. The summed E-state index contributed by atoms with van der Waals surface area (Å²) in [5.74, 6) is 1.56. The predicted octanol–water partition coefficient (Wildman–Crippen LogP) is 3.37. The van der Waals surface area contributed by atoms with Crippen LogP contribution in [-0.2, 0) is 6.42 Å². The molecule has 0 heterocycles. The fraction of sp³-hybridized carbons (Fsp3) is 0.538. The van der Waals surface area contributed by atoms with E-state index >= 15 is 0 Å². The topological polar surface area (TPSA) is 26.0 Å². The average Bonchev–Trinajstić information content (AvgIpc) is 2.17. The van der Waals surface area contributed by atoms with Gasteiger partial charge in [-0.25, -0.2) is 0 Å². The molecule has 1 aromatic carbocycles. The normalized spacial score (nSPS) is 18.5. The van der Waals surface area contributed by atoms with Gasteiger partial charge < -0.3 is 5.73 Å². The smallest absolute Gasteiger partial charge is 0.0207 e. The van der Waals surface area contributed by atoms with E-state index in [1.165, 1.54) is 29.3 Å². The molecule has 0 aromatic heterocycles. The van der Waals surface area contributed by atoms with Crippen molar-refractivity contribution in [2.24, 2.45) is 17.6 Å². The Morgan fingerprint density at radius 1 is 1.33 bits per heavy atom. The first-order valence-electron chi connectivity index (χ1n) is 5.74. The summed E-state index contributed by atoms with van der Waals surface area (Å²) in [7, 11) is 0. The maximum Gasteiger partial charge on any atom is 0.0207 e. The van der Waals surface area contributed by atoms with Crippen molar-refractivity contribution in [3.63, 3.8) is 0 Å². The minimum absolute atomic E-state index is 0.678. The third kappa shape index (κ3) is 2.61. The van der Waals surface area contributed by atoms with Gasteiger partial charge in [-0.15, -0.1) is 0 Å². The zero-order valence-corrected chi connectivity index (χ0v) is 10.5. The third-order valence-electron chi connectivity index (χ3n) is 3.56. The van der Waals surface area contributed by atoms with Crippen molar-refractivity contribution >= 4 is 15.9 Å². The highest BCUT2D eigenvalue weighted by molar-refractivity contribution is 9.10. The van der Waals surface area contributed by atoms with Crippen molar-refractivity contribution in [1.82, 2.24) is 0 Å². The Morgan fingerprint density at radius 2 is 2.07 bits per heavy atom. The summed E-state index contributed by atoms with van der Waals surface area (Å²) in [6.07, 6.45) is 5.29. The molecular formula is C13H18BrN. The molecule has 1 fully saturated rings. The van der Waals surface area contributed by atoms with Crippen LogP contribution in [0.25, 0.3) is 0 Å². The summed E-state index contributed by atoms with van der Waals surface area (Å²) >= 11 is 3.60. The second kappa shape index (κ2) is 5.13. The van der Waals surface area contributed by atoms with Crippen molar-refractivity contribution in [2.45, 2.75) is 25.7 Å². The zero-order valence-electron chi connectivity index (χ0n) is 8.95. The number of rotatable bonds is 4. The molecule has 1 aromatic rings. The molecule has 0 radical (unpaired) electrons. The fourth-order valence-electron chi connectivity index (χ4n) is 2.30. The minimum atomic E-state index is 0.678. The Labute approximate surface area is 100 Å². The molecule has 2 heteroatoms. The van der Waals surface area contributed by atoms with Gasteiger partial charge in [0.05, 0.1) is 0 Å². The summed E-state index contributed by atoms with van der Waals surface area (Å²) in [5.41, 5.74) is 7.27. The lowest BCUT2D eigenvalue weighted by Crippen LogP contribution is -2.30. The van der Waals surface area contributed by atoms with Gasteiger partial charge in [0.25, 0.3) is 0 Å². The van der Waals surface area contributed by atoms with E-state index in [1.807, 2.05) is 0 Å². The monoisotopic (exact) mass is 267 g/mol. The molecule has 82 valence electrons. The first-order chi connectivity index (χ1) is 7.31. The molecule has 1 nitrogen and oxygen atoms in total. The standard InChI is InChI=1S/C13H18BrN/c14-13-7-2-1-4-11(13)8-12(9-15)10-5-3-6-10/h1-2,4,7,10,12H,3,5-6,8-9,15H2. The van der Waals surface area contributed by atoms with Crippen LogP contribution in [0.5, 0.6) is 0 Å². The Morgan fingerprint density at radius 3 is 2.60 bits per heavy atom. The molecule has 1 aliphatic carbocycles. The van der Waals surface area contributed by atoms with E-state index in [-0.39, 0.29) is 0 Å². The molecule has 1 aliphatic rings. The number of hydrogen-bond donors (Lipinski definition) is 1. The van der Waals surface area contributed by atoms with Crippen LogP contribution in [0.1, 0.15) is 24.8 Å². The Bertz CT molecular complexity index is 320. The molecule has 15 heavy (non-hydrogen) atoms. The summed E-state index contributed by atoms with van der Waals surface area (Å²) in [6.45, 7) is 0.825. The summed E-state index contributed by atoms with van der Waals surface area (Å²) < 4.78 is 1.22. The second-order valence-electron chi connectivity index (χ2n) is 4.48. The van der Waals surface area contributed by atoms with Gasteiger partial charge in [0.15, 0.2) is 0 Å². The Hall–Kier alpha value is -0.340. The van der Waals surface area contributed by atoms with E-state index in [0.29, 0.717) is 5.92 Å². The van der Waals surface area contributed by atoms with Crippen LogP contribution in [0.4, 0.5) is 0 Å². The van der Waals surface area contributed by atoms with Gasteiger partial charge in [0.1, 0.15) is 0 Å². The zero-order chi connectivity index (χ0) is 10.7. The van der Waals surface area contributed by atoms with Crippen LogP contribution in [-0.4, -0.2) is 6.54 Å². The molecule has 2 rings (SSSR count). The van der Waals surface area contributed by atoms with E-state index < -0.39 is 0 Å². The molecule has 0 amide bonds. The van der Waals surface area contributed by atoms with Gasteiger partial charge in [-0.2, -0.15) is 0 Å². The summed E-state index contributed by atoms with van der Waals surface area (Å²) in [6, 6.07) is 8.48. The number of benzene rings is 1. The first-order valence-corrected chi connectivity index (χ1v) is 6.54.